The molecule has 0 fully saturated rings. The first-order valence-corrected chi connectivity index (χ1v) is 10.9. The Morgan fingerprint density at radius 1 is 1.20 bits per heavy atom. The molecular formula is C21H21Cl2N5OS. The number of thioether (sulfide) groups is 1. The smallest absolute Gasteiger partial charge is 0.234 e. The third-order valence-electron chi connectivity index (χ3n) is 4.23. The van der Waals surface area contributed by atoms with Crippen molar-refractivity contribution < 1.29 is 4.79 Å². The van der Waals surface area contributed by atoms with Gasteiger partial charge in [0, 0.05) is 17.9 Å². The molecule has 30 heavy (non-hydrogen) atoms. The number of benzene rings is 2. The summed E-state index contributed by atoms with van der Waals surface area (Å²) >= 11 is 13.3. The quantitative estimate of drug-likeness (QED) is 0.328. The fraction of sp³-hybridized carbons (Fsp3) is 0.190. The van der Waals surface area contributed by atoms with Crippen LogP contribution in [0.25, 0.3) is 0 Å². The minimum absolute atomic E-state index is 0.0991. The molecule has 0 aliphatic carbocycles. The number of allylic oxidation sites excluding steroid dienone is 1. The molecule has 9 heteroatoms. The summed E-state index contributed by atoms with van der Waals surface area (Å²) in [6, 6.07) is 13.0. The number of nitrogens with zero attached hydrogens (tertiary/aromatic N) is 3. The molecule has 0 atom stereocenters. The molecule has 0 saturated heterocycles. The summed E-state index contributed by atoms with van der Waals surface area (Å²) in [4.78, 5) is 12.3. The average Bonchev–Trinajstić information content (AvgIpc) is 3.11. The van der Waals surface area contributed by atoms with Gasteiger partial charge in [-0.05, 0) is 36.8 Å². The second-order valence-corrected chi connectivity index (χ2v) is 8.19. The SMILES string of the molecule is C=CCn1c(CNc2ccc(Cl)c(Cl)c2)nnc1SCC(=O)Nc1ccccc1C. The Labute approximate surface area is 189 Å². The molecule has 0 saturated carbocycles. The van der Waals surface area contributed by atoms with Crippen molar-refractivity contribution in [2.24, 2.45) is 0 Å². The van der Waals surface area contributed by atoms with Crippen molar-refractivity contribution >= 4 is 52.2 Å². The van der Waals surface area contributed by atoms with Crippen LogP contribution in [0.15, 0.2) is 60.3 Å². The number of carbonyl (C=O) groups is 1. The number of anilines is 2. The molecule has 0 spiro atoms. The molecular weight excluding hydrogens is 441 g/mol. The predicted octanol–water partition coefficient (Wildman–Crippen LogP) is 5.42. The number of carbonyl (C=O) groups excluding carboxylic acids is 1. The van der Waals surface area contributed by atoms with Gasteiger partial charge in [-0.1, -0.05) is 59.2 Å². The largest absolute Gasteiger partial charge is 0.378 e. The molecule has 0 bridgehead atoms. The molecule has 0 aliphatic rings. The van der Waals surface area contributed by atoms with E-state index < -0.39 is 0 Å². The fourth-order valence-electron chi connectivity index (χ4n) is 2.69. The highest BCUT2D eigenvalue weighted by Crippen LogP contribution is 2.25. The van der Waals surface area contributed by atoms with Gasteiger partial charge >= 0.3 is 0 Å². The first kappa shape index (κ1) is 22.2. The number of hydrogen-bond donors (Lipinski definition) is 2. The topological polar surface area (TPSA) is 71.8 Å². The number of amides is 1. The lowest BCUT2D eigenvalue weighted by Crippen LogP contribution is -2.15. The number of rotatable bonds is 9. The van der Waals surface area contributed by atoms with Crippen LogP contribution in [-0.2, 0) is 17.9 Å². The van der Waals surface area contributed by atoms with Gasteiger partial charge in [-0.3, -0.25) is 4.79 Å². The van der Waals surface area contributed by atoms with Gasteiger partial charge in [-0.15, -0.1) is 16.8 Å². The number of para-hydroxylation sites is 1. The van der Waals surface area contributed by atoms with Gasteiger partial charge in [0.2, 0.25) is 5.91 Å². The van der Waals surface area contributed by atoms with Gasteiger partial charge in [-0.25, -0.2) is 0 Å². The Kier molecular flexibility index (Phi) is 7.79. The van der Waals surface area contributed by atoms with E-state index in [2.05, 4.69) is 27.4 Å². The van der Waals surface area contributed by atoms with Crippen molar-refractivity contribution in [2.45, 2.75) is 25.2 Å². The van der Waals surface area contributed by atoms with Crippen LogP contribution >= 0.6 is 35.0 Å². The monoisotopic (exact) mass is 461 g/mol. The average molecular weight is 462 g/mol. The molecule has 0 radical (unpaired) electrons. The second-order valence-electron chi connectivity index (χ2n) is 6.43. The van der Waals surface area contributed by atoms with Gasteiger partial charge in [0.05, 0.1) is 22.3 Å². The summed E-state index contributed by atoms with van der Waals surface area (Å²) in [5.74, 6) is 0.852. The van der Waals surface area contributed by atoms with Crippen molar-refractivity contribution in [3.8, 4) is 0 Å². The van der Waals surface area contributed by atoms with E-state index in [9.17, 15) is 4.79 Å². The third kappa shape index (κ3) is 5.78. The van der Waals surface area contributed by atoms with Crippen molar-refractivity contribution in [3.05, 3.63) is 76.6 Å². The number of halogens is 2. The number of hydrogen-bond acceptors (Lipinski definition) is 5. The van der Waals surface area contributed by atoms with Crippen LogP contribution in [0.2, 0.25) is 10.0 Å². The van der Waals surface area contributed by atoms with Crippen LogP contribution in [0.4, 0.5) is 11.4 Å². The van der Waals surface area contributed by atoms with Crippen molar-refractivity contribution in [2.75, 3.05) is 16.4 Å². The van der Waals surface area contributed by atoms with Gasteiger partial charge < -0.3 is 15.2 Å². The summed E-state index contributed by atoms with van der Waals surface area (Å²) in [6.45, 7) is 6.73. The minimum Gasteiger partial charge on any atom is -0.378 e. The fourth-order valence-corrected chi connectivity index (χ4v) is 3.75. The van der Waals surface area contributed by atoms with Crippen LogP contribution in [-0.4, -0.2) is 26.4 Å². The molecule has 1 heterocycles. The first-order valence-electron chi connectivity index (χ1n) is 9.18. The van der Waals surface area contributed by atoms with Crippen LogP contribution in [0, 0.1) is 6.92 Å². The predicted molar refractivity (Wildman–Crippen MR) is 125 cm³/mol. The molecule has 2 N–H and O–H groups in total. The molecule has 1 aromatic heterocycles. The van der Waals surface area contributed by atoms with Crippen molar-refractivity contribution in [1.82, 2.24) is 14.8 Å². The number of aryl methyl sites for hydroxylation is 1. The molecule has 0 unspecified atom stereocenters. The molecule has 156 valence electrons. The Balaban J connectivity index is 1.63. The molecule has 0 aliphatic heterocycles. The van der Waals surface area contributed by atoms with E-state index >= 15 is 0 Å². The molecule has 6 nitrogen and oxygen atoms in total. The van der Waals surface area contributed by atoms with Crippen molar-refractivity contribution in [1.29, 1.82) is 0 Å². The van der Waals surface area contributed by atoms with E-state index in [0.29, 0.717) is 28.3 Å². The van der Waals surface area contributed by atoms with E-state index in [0.717, 1.165) is 22.8 Å². The zero-order valence-electron chi connectivity index (χ0n) is 16.4. The minimum atomic E-state index is -0.0991. The maximum absolute atomic E-state index is 12.3. The number of nitrogens with one attached hydrogen (secondary N) is 2. The maximum Gasteiger partial charge on any atom is 0.234 e. The summed E-state index contributed by atoms with van der Waals surface area (Å²) in [7, 11) is 0. The zero-order valence-corrected chi connectivity index (χ0v) is 18.7. The Morgan fingerprint density at radius 2 is 2.00 bits per heavy atom. The van der Waals surface area contributed by atoms with Gasteiger partial charge in [-0.2, -0.15) is 0 Å². The molecule has 2 aromatic carbocycles. The highest BCUT2D eigenvalue weighted by atomic mass is 35.5. The summed E-state index contributed by atoms with van der Waals surface area (Å²) in [5.41, 5.74) is 2.65. The zero-order chi connectivity index (χ0) is 21.5. The lowest BCUT2D eigenvalue weighted by atomic mass is 10.2. The molecule has 3 rings (SSSR count). The lowest BCUT2D eigenvalue weighted by Gasteiger charge is -2.10. The molecule has 1 amide bonds. The van der Waals surface area contributed by atoms with E-state index in [4.69, 9.17) is 23.2 Å². The van der Waals surface area contributed by atoms with Gasteiger partial charge in [0.15, 0.2) is 11.0 Å². The highest BCUT2D eigenvalue weighted by molar-refractivity contribution is 7.99. The van der Waals surface area contributed by atoms with E-state index in [1.807, 2.05) is 41.8 Å². The van der Waals surface area contributed by atoms with Crippen LogP contribution in [0.5, 0.6) is 0 Å². The van der Waals surface area contributed by atoms with Crippen LogP contribution in [0.3, 0.4) is 0 Å². The summed E-state index contributed by atoms with van der Waals surface area (Å²) in [6.07, 6.45) is 1.77. The maximum atomic E-state index is 12.3. The summed E-state index contributed by atoms with van der Waals surface area (Å²) in [5, 5.41) is 16.3. The Hall–Kier alpha value is -2.48. The van der Waals surface area contributed by atoms with Gasteiger partial charge in [0.1, 0.15) is 0 Å². The Bertz CT molecular complexity index is 1050. The standard InChI is InChI=1S/C21H21Cl2N5OS/c1-3-10-28-19(12-24-15-8-9-16(22)17(23)11-15)26-27-21(28)30-13-20(29)25-18-7-5-4-6-14(18)2/h3-9,11,24H,1,10,12-13H2,2H3,(H,25,29). The van der Waals surface area contributed by atoms with E-state index in [-0.39, 0.29) is 11.7 Å². The van der Waals surface area contributed by atoms with E-state index in [1.165, 1.54) is 11.8 Å². The summed E-state index contributed by atoms with van der Waals surface area (Å²) < 4.78 is 1.92. The normalized spacial score (nSPS) is 10.6. The molecule has 3 aromatic rings. The van der Waals surface area contributed by atoms with Gasteiger partial charge in [0.25, 0.3) is 0 Å². The van der Waals surface area contributed by atoms with Crippen LogP contribution in [0.1, 0.15) is 11.4 Å². The Morgan fingerprint density at radius 3 is 2.73 bits per heavy atom. The lowest BCUT2D eigenvalue weighted by molar-refractivity contribution is -0.113. The third-order valence-corrected chi connectivity index (χ3v) is 5.93. The van der Waals surface area contributed by atoms with E-state index in [1.54, 1.807) is 18.2 Å². The number of aromatic nitrogens is 3. The first-order chi connectivity index (χ1) is 14.5. The second kappa shape index (κ2) is 10.5. The van der Waals surface area contributed by atoms with Crippen molar-refractivity contribution in [3.63, 3.8) is 0 Å². The highest BCUT2D eigenvalue weighted by Gasteiger charge is 2.14. The van der Waals surface area contributed by atoms with Crippen LogP contribution < -0.4 is 10.6 Å².